The molecule has 14 heteroatoms. The maximum Gasteiger partial charge on any atom is 0.416 e. The number of amides is 3. The predicted octanol–water partition coefficient (Wildman–Crippen LogP) is 6.85. The number of hydrogen-bond donors (Lipinski definition) is 0. The van der Waals surface area contributed by atoms with Crippen LogP contribution in [0.2, 0.25) is 0 Å². The molecule has 0 bridgehead atoms. The third-order valence-electron chi connectivity index (χ3n) is 7.84. The van der Waals surface area contributed by atoms with Crippen LogP contribution in [-0.2, 0) is 12.4 Å². The number of urea groups is 1. The van der Waals surface area contributed by atoms with Crippen molar-refractivity contribution in [1.82, 2.24) is 19.4 Å². The lowest BCUT2D eigenvalue weighted by molar-refractivity contribution is -0.143. The third-order valence-corrected chi connectivity index (χ3v) is 7.84. The van der Waals surface area contributed by atoms with Crippen LogP contribution in [0.5, 0.6) is 0 Å². The Hall–Kier alpha value is -4.88. The molecular formula is C31H26F7N5O2. The number of hydrogen-bond acceptors (Lipinski definition) is 3. The second-order valence-corrected chi connectivity index (χ2v) is 10.7. The topological polar surface area (TPSA) is 61.7 Å². The number of aromatic nitrogens is 2. The van der Waals surface area contributed by atoms with Crippen LogP contribution >= 0.6 is 0 Å². The molecular weight excluding hydrogens is 607 g/mol. The highest BCUT2D eigenvalue weighted by molar-refractivity contribution is 5.95. The van der Waals surface area contributed by atoms with Gasteiger partial charge >= 0.3 is 18.4 Å². The number of likely N-dealkylation sites (tertiary alicyclic amines) is 1. The van der Waals surface area contributed by atoms with Crippen molar-refractivity contribution in [3.05, 3.63) is 114 Å². The predicted molar refractivity (Wildman–Crippen MR) is 150 cm³/mol. The fourth-order valence-electron chi connectivity index (χ4n) is 5.37. The van der Waals surface area contributed by atoms with E-state index in [1.165, 1.54) is 41.1 Å². The van der Waals surface area contributed by atoms with Crippen molar-refractivity contribution in [3.8, 4) is 5.69 Å². The first-order chi connectivity index (χ1) is 21.1. The number of alkyl halides is 6. The quantitative estimate of drug-likeness (QED) is 0.226. The molecule has 2 heterocycles. The lowest BCUT2D eigenvalue weighted by atomic mass is 9.93. The molecule has 0 N–H and O–H groups in total. The van der Waals surface area contributed by atoms with Crippen LogP contribution in [-0.4, -0.2) is 64.5 Å². The lowest BCUT2D eigenvalue weighted by Gasteiger charge is -2.33. The second-order valence-electron chi connectivity index (χ2n) is 10.7. The number of halogens is 7. The zero-order chi connectivity index (χ0) is 32.7. The van der Waals surface area contributed by atoms with Crippen molar-refractivity contribution < 1.29 is 40.3 Å². The molecule has 7 nitrogen and oxygen atoms in total. The summed E-state index contributed by atoms with van der Waals surface area (Å²) < 4.78 is 96.3. The first-order valence-corrected chi connectivity index (χ1v) is 13.6. The van der Waals surface area contributed by atoms with Gasteiger partial charge in [-0.1, -0.05) is 12.1 Å². The second kappa shape index (κ2) is 11.9. The number of imidazole rings is 1. The van der Waals surface area contributed by atoms with Gasteiger partial charge in [0.25, 0.3) is 5.91 Å². The van der Waals surface area contributed by atoms with Gasteiger partial charge in [0.2, 0.25) is 0 Å². The minimum Gasteiger partial charge on any atom is -0.336 e. The summed E-state index contributed by atoms with van der Waals surface area (Å²) in [6.45, 7) is 0.109. The Morgan fingerprint density at radius 2 is 1.44 bits per heavy atom. The third kappa shape index (κ3) is 6.64. The molecule has 236 valence electrons. The summed E-state index contributed by atoms with van der Waals surface area (Å²) in [6, 6.07) is 11.4. The first kappa shape index (κ1) is 31.5. The molecule has 1 aliphatic heterocycles. The van der Waals surface area contributed by atoms with Crippen LogP contribution in [0.1, 0.15) is 33.0 Å². The Morgan fingerprint density at radius 1 is 0.844 bits per heavy atom. The van der Waals surface area contributed by atoms with Gasteiger partial charge in [0.1, 0.15) is 5.82 Å². The van der Waals surface area contributed by atoms with Gasteiger partial charge in [-0.2, -0.15) is 26.3 Å². The molecule has 5 rings (SSSR count). The Balaban J connectivity index is 1.43. The zero-order valence-electron chi connectivity index (χ0n) is 23.9. The van der Waals surface area contributed by atoms with Gasteiger partial charge in [-0.3, -0.25) is 9.69 Å². The van der Waals surface area contributed by atoms with Crippen molar-refractivity contribution in [3.63, 3.8) is 0 Å². The molecule has 2 atom stereocenters. The van der Waals surface area contributed by atoms with Crippen molar-refractivity contribution in [2.24, 2.45) is 0 Å². The molecule has 2 unspecified atom stereocenters. The van der Waals surface area contributed by atoms with Crippen molar-refractivity contribution in [2.45, 2.75) is 24.3 Å². The van der Waals surface area contributed by atoms with Gasteiger partial charge in [-0.25, -0.2) is 14.2 Å². The van der Waals surface area contributed by atoms with Crippen LogP contribution in [0.15, 0.2) is 85.5 Å². The highest BCUT2D eigenvalue weighted by Crippen LogP contribution is 2.39. The highest BCUT2D eigenvalue weighted by Gasteiger charge is 2.42. The van der Waals surface area contributed by atoms with E-state index in [9.17, 15) is 40.3 Å². The van der Waals surface area contributed by atoms with E-state index >= 15 is 0 Å². The number of rotatable bonds is 5. The van der Waals surface area contributed by atoms with E-state index in [4.69, 9.17) is 0 Å². The summed E-state index contributed by atoms with van der Waals surface area (Å²) in [7, 11) is 2.42. The smallest absolute Gasteiger partial charge is 0.336 e. The van der Waals surface area contributed by atoms with E-state index in [1.54, 1.807) is 47.6 Å². The van der Waals surface area contributed by atoms with Crippen LogP contribution in [0.4, 0.5) is 41.2 Å². The van der Waals surface area contributed by atoms with Crippen LogP contribution in [0.25, 0.3) is 5.69 Å². The lowest BCUT2D eigenvalue weighted by Crippen LogP contribution is -2.47. The number of anilines is 1. The monoisotopic (exact) mass is 633 g/mol. The average Bonchev–Trinajstić information content (AvgIpc) is 3.70. The fourth-order valence-corrected chi connectivity index (χ4v) is 5.37. The van der Waals surface area contributed by atoms with Gasteiger partial charge in [0.05, 0.1) is 23.5 Å². The van der Waals surface area contributed by atoms with Gasteiger partial charge in [0, 0.05) is 62.4 Å². The number of carbonyl (C=O) groups excluding carboxylic acids is 2. The van der Waals surface area contributed by atoms with Gasteiger partial charge in [-0.15, -0.1) is 0 Å². The Kier molecular flexibility index (Phi) is 8.34. The van der Waals surface area contributed by atoms with E-state index in [0.29, 0.717) is 28.2 Å². The van der Waals surface area contributed by atoms with Gasteiger partial charge in [-0.05, 0) is 60.2 Å². The van der Waals surface area contributed by atoms with Crippen LogP contribution < -0.4 is 4.90 Å². The number of benzene rings is 3. The minimum absolute atomic E-state index is 0.00335. The van der Waals surface area contributed by atoms with Crippen molar-refractivity contribution in [2.75, 3.05) is 32.1 Å². The van der Waals surface area contributed by atoms with Crippen molar-refractivity contribution >= 4 is 17.6 Å². The minimum atomic E-state index is -5.09. The number of likely N-dealkylation sites (N-methyl/N-ethyl adjacent to an activating group) is 1. The molecule has 0 aliphatic carbocycles. The van der Waals surface area contributed by atoms with E-state index in [0.717, 1.165) is 12.7 Å². The normalized spacial score (nSPS) is 17.0. The highest BCUT2D eigenvalue weighted by atomic mass is 19.4. The largest absolute Gasteiger partial charge is 0.416 e. The molecule has 3 amide bonds. The number of nitrogens with zero attached hydrogens (tertiary/aromatic N) is 5. The maximum absolute atomic E-state index is 13.7. The van der Waals surface area contributed by atoms with E-state index in [2.05, 4.69) is 4.98 Å². The zero-order valence-corrected chi connectivity index (χ0v) is 23.9. The Labute approximate surface area is 253 Å². The standard InChI is InChI=1S/C31H26F7N5O2/c1-40(25-14-21(30(33,34)35)13-22(15-25)31(36,37)38)29(45)41(2)27-17-43(16-26(27)19-3-7-23(32)8-4-19)28(44)20-5-9-24(10-6-20)42-12-11-39-18-42/h3-15,18,26-27H,16-17H2,1-2H3. The Bertz CT molecular complexity index is 1640. The summed E-state index contributed by atoms with van der Waals surface area (Å²) >= 11 is 0. The van der Waals surface area contributed by atoms with E-state index in [1.807, 2.05) is 0 Å². The van der Waals surface area contributed by atoms with Gasteiger partial charge < -0.3 is 14.4 Å². The average molecular weight is 634 g/mol. The molecule has 1 saturated heterocycles. The summed E-state index contributed by atoms with van der Waals surface area (Å²) in [5.74, 6) is -1.41. The number of carbonyl (C=O) groups is 2. The maximum atomic E-state index is 13.7. The van der Waals surface area contributed by atoms with E-state index in [-0.39, 0.29) is 25.1 Å². The molecule has 3 aromatic carbocycles. The van der Waals surface area contributed by atoms with E-state index < -0.39 is 53.0 Å². The molecule has 1 aliphatic rings. The molecule has 1 aromatic heterocycles. The summed E-state index contributed by atoms with van der Waals surface area (Å²) in [5.41, 5.74) is -2.02. The SMILES string of the molecule is CN(C(=O)N(C)C1CN(C(=O)c2ccc(-n3ccnc3)cc2)CC1c1ccc(F)cc1)c1cc(C(F)(F)F)cc(C(F)(F)F)c1. The molecule has 0 radical (unpaired) electrons. The molecule has 0 saturated carbocycles. The molecule has 4 aromatic rings. The van der Waals surface area contributed by atoms with Crippen LogP contribution in [0.3, 0.4) is 0 Å². The Morgan fingerprint density at radius 3 is 1.98 bits per heavy atom. The molecule has 0 spiro atoms. The molecule has 45 heavy (non-hydrogen) atoms. The van der Waals surface area contributed by atoms with Gasteiger partial charge in [0.15, 0.2) is 0 Å². The molecule has 1 fully saturated rings. The fraction of sp³-hybridized carbons (Fsp3) is 0.258. The summed E-state index contributed by atoms with van der Waals surface area (Å²) in [4.78, 5) is 34.5. The van der Waals surface area contributed by atoms with Crippen LogP contribution in [0, 0.1) is 5.82 Å². The summed E-state index contributed by atoms with van der Waals surface area (Å²) in [5, 5.41) is 0. The summed E-state index contributed by atoms with van der Waals surface area (Å²) in [6.07, 6.45) is -5.24. The van der Waals surface area contributed by atoms with Crippen molar-refractivity contribution in [1.29, 1.82) is 0 Å². The first-order valence-electron chi connectivity index (χ1n) is 13.6.